The Balaban J connectivity index is 2.09. The molecule has 1 aromatic heterocycles. The molecule has 0 aliphatic heterocycles. The third-order valence-corrected chi connectivity index (χ3v) is 4.84. The number of rotatable bonds is 3. The molecule has 0 aliphatic rings. The number of hydrogen-bond donors (Lipinski definition) is 1. The van der Waals surface area contributed by atoms with Gasteiger partial charge in [-0.1, -0.05) is 36.2 Å². The number of halogens is 2. The summed E-state index contributed by atoms with van der Waals surface area (Å²) in [7, 11) is 0. The number of carbonyl (C=O) groups excluding carboxylic acids is 1. The van der Waals surface area contributed by atoms with Gasteiger partial charge in [-0.25, -0.2) is 9.78 Å². The predicted octanol–water partition coefficient (Wildman–Crippen LogP) is 5.95. The largest absolute Gasteiger partial charge is 0.444 e. The normalized spacial score (nSPS) is 12.8. The smallest absolute Gasteiger partial charge is 0.413 e. The van der Waals surface area contributed by atoms with Crippen molar-refractivity contribution in [2.24, 2.45) is 0 Å². The number of thiazole rings is 1. The lowest BCUT2D eigenvalue weighted by Gasteiger charge is -2.18. The number of carbonyl (C=O) groups is 1. The molecule has 0 bridgehead atoms. The van der Waals surface area contributed by atoms with Crippen LogP contribution in [0.1, 0.15) is 44.1 Å². The molecule has 0 saturated carbocycles. The number of hydrogen-bond acceptors (Lipinski definition) is 4. The quantitative estimate of drug-likeness (QED) is 0.723. The number of nitrogens with one attached hydrogen (secondary N) is 1. The average molecular weight is 373 g/mol. The van der Waals surface area contributed by atoms with Crippen LogP contribution in [0.5, 0.6) is 0 Å². The molecule has 1 heterocycles. The van der Waals surface area contributed by atoms with E-state index >= 15 is 0 Å². The van der Waals surface area contributed by atoms with E-state index in [0.717, 1.165) is 10.4 Å². The molecule has 1 unspecified atom stereocenters. The summed E-state index contributed by atoms with van der Waals surface area (Å²) in [6.45, 7) is 7.48. The topological polar surface area (TPSA) is 51.2 Å². The van der Waals surface area contributed by atoms with Crippen molar-refractivity contribution < 1.29 is 9.53 Å². The van der Waals surface area contributed by atoms with Crippen molar-refractivity contribution in [1.82, 2.24) is 4.98 Å². The second-order valence-electron chi connectivity index (χ2n) is 6.09. The summed E-state index contributed by atoms with van der Waals surface area (Å²) >= 11 is 13.4. The van der Waals surface area contributed by atoms with Crippen LogP contribution in [0, 0.1) is 0 Å². The van der Waals surface area contributed by atoms with Crippen LogP contribution in [-0.2, 0) is 4.74 Å². The summed E-state index contributed by atoms with van der Waals surface area (Å²) in [4.78, 5) is 17.0. The van der Waals surface area contributed by atoms with Crippen molar-refractivity contribution >= 4 is 45.8 Å². The molecule has 0 saturated heterocycles. The first-order valence-electron chi connectivity index (χ1n) is 7.06. The second kappa shape index (κ2) is 7.07. The zero-order valence-electron chi connectivity index (χ0n) is 13.3. The molecule has 2 rings (SSSR count). The maximum Gasteiger partial charge on any atom is 0.413 e. The van der Waals surface area contributed by atoms with Gasteiger partial charge in [-0.15, -0.1) is 11.3 Å². The van der Waals surface area contributed by atoms with Crippen LogP contribution < -0.4 is 5.32 Å². The first kappa shape index (κ1) is 18.0. The molecule has 1 N–H and O–H groups in total. The van der Waals surface area contributed by atoms with E-state index in [1.54, 1.807) is 12.3 Å². The molecule has 1 aromatic carbocycles. The summed E-state index contributed by atoms with van der Waals surface area (Å²) < 4.78 is 5.21. The fourth-order valence-electron chi connectivity index (χ4n) is 1.88. The van der Waals surface area contributed by atoms with Crippen LogP contribution in [-0.4, -0.2) is 16.7 Å². The highest BCUT2D eigenvalue weighted by atomic mass is 35.5. The summed E-state index contributed by atoms with van der Waals surface area (Å²) in [6, 6.07) is 5.55. The minimum atomic E-state index is -0.544. The summed E-state index contributed by atoms with van der Waals surface area (Å²) in [5.41, 5.74) is 0.490. The molecule has 2 aromatic rings. The number of ether oxygens (including phenoxy) is 1. The third kappa shape index (κ3) is 5.09. The Labute approximate surface area is 149 Å². The van der Waals surface area contributed by atoms with Gasteiger partial charge >= 0.3 is 6.09 Å². The molecule has 1 amide bonds. The van der Waals surface area contributed by atoms with Gasteiger partial charge in [0, 0.05) is 17.0 Å². The monoisotopic (exact) mass is 372 g/mol. The van der Waals surface area contributed by atoms with Crippen molar-refractivity contribution in [3.05, 3.63) is 44.9 Å². The van der Waals surface area contributed by atoms with E-state index in [1.165, 1.54) is 11.3 Å². The van der Waals surface area contributed by atoms with Crippen LogP contribution in [0.15, 0.2) is 24.4 Å². The maximum absolute atomic E-state index is 11.8. The minimum absolute atomic E-state index is 0.0939. The van der Waals surface area contributed by atoms with E-state index in [9.17, 15) is 4.79 Å². The molecule has 124 valence electrons. The fourth-order valence-corrected chi connectivity index (χ4v) is 3.07. The van der Waals surface area contributed by atoms with E-state index in [0.29, 0.717) is 15.2 Å². The minimum Gasteiger partial charge on any atom is -0.444 e. The molecule has 0 radical (unpaired) electrons. The first-order valence-corrected chi connectivity index (χ1v) is 8.63. The van der Waals surface area contributed by atoms with Gasteiger partial charge in [0.2, 0.25) is 0 Å². The van der Waals surface area contributed by atoms with Gasteiger partial charge in [-0.2, -0.15) is 0 Å². The lowest BCUT2D eigenvalue weighted by Crippen LogP contribution is -2.27. The average Bonchev–Trinajstić information content (AvgIpc) is 2.87. The molecule has 0 spiro atoms. The highest BCUT2D eigenvalue weighted by molar-refractivity contribution is 7.15. The molecule has 1 atom stereocenters. The Hall–Kier alpha value is -1.30. The van der Waals surface area contributed by atoms with Crippen molar-refractivity contribution in [2.75, 3.05) is 5.32 Å². The van der Waals surface area contributed by atoms with Crippen LogP contribution >= 0.6 is 34.5 Å². The van der Waals surface area contributed by atoms with E-state index in [2.05, 4.69) is 10.3 Å². The van der Waals surface area contributed by atoms with Gasteiger partial charge in [-0.3, -0.25) is 5.32 Å². The number of amides is 1. The maximum atomic E-state index is 11.8. The van der Waals surface area contributed by atoms with Gasteiger partial charge in [0.1, 0.15) is 5.60 Å². The van der Waals surface area contributed by atoms with Gasteiger partial charge < -0.3 is 4.74 Å². The molecular weight excluding hydrogens is 355 g/mol. The third-order valence-electron chi connectivity index (χ3n) is 3.00. The summed E-state index contributed by atoms with van der Waals surface area (Å²) in [5.74, 6) is 0.0939. The number of benzene rings is 1. The van der Waals surface area contributed by atoms with Gasteiger partial charge in [-0.05, 0) is 38.5 Å². The SMILES string of the molecule is CC(c1ccc(Cl)c(Cl)c1)c1cnc(NC(=O)OC(C)(C)C)s1. The lowest BCUT2D eigenvalue weighted by molar-refractivity contribution is 0.0636. The Morgan fingerprint density at radius 1 is 1.30 bits per heavy atom. The Bertz CT molecular complexity index is 710. The molecule has 23 heavy (non-hydrogen) atoms. The highest BCUT2D eigenvalue weighted by Gasteiger charge is 2.18. The molecule has 0 aliphatic carbocycles. The van der Waals surface area contributed by atoms with Gasteiger partial charge in [0.25, 0.3) is 0 Å². The van der Waals surface area contributed by atoms with E-state index in [4.69, 9.17) is 27.9 Å². The van der Waals surface area contributed by atoms with Crippen LogP contribution in [0.25, 0.3) is 0 Å². The molecule has 0 fully saturated rings. The fraction of sp³-hybridized carbons (Fsp3) is 0.375. The molecular formula is C16H18Cl2N2O2S. The second-order valence-corrected chi connectivity index (χ2v) is 7.97. The van der Waals surface area contributed by atoms with Gasteiger partial charge in [0.05, 0.1) is 10.0 Å². The van der Waals surface area contributed by atoms with Crippen molar-refractivity contribution in [3.63, 3.8) is 0 Å². The predicted molar refractivity (Wildman–Crippen MR) is 95.9 cm³/mol. The van der Waals surface area contributed by atoms with Crippen molar-refractivity contribution in [2.45, 2.75) is 39.2 Å². The molecule has 7 heteroatoms. The zero-order valence-corrected chi connectivity index (χ0v) is 15.6. The highest BCUT2D eigenvalue weighted by Crippen LogP contribution is 2.33. The van der Waals surface area contributed by atoms with Gasteiger partial charge in [0.15, 0.2) is 5.13 Å². The van der Waals surface area contributed by atoms with Crippen molar-refractivity contribution in [3.8, 4) is 0 Å². The number of anilines is 1. The summed E-state index contributed by atoms with van der Waals surface area (Å²) in [6.07, 6.45) is 1.23. The van der Waals surface area contributed by atoms with E-state index < -0.39 is 11.7 Å². The summed E-state index contributed by atoms with van der Waals surface area (Å²) in [5, 5.41) is 4.19. The van der Waals surface area contributed by atoms with Crippen LogP contribution in [0.2, 0.25) is 10.0 Å². The Morgan fingerprint density at radius 3 is 2.61 bits per heavy atom. The van der Waals surface area contributed by atoms with Crippen LogP contribution in [0.4, 0.5) is 9.93 Å². The number of aromatic nitrogens is 1. The van der Waals surface area contributed by atoms with Crippen LogP contribution in [0.3, 0.4) is 0 Å². The Kier molecular flexibility index (Phi) is 5.55. The first-order chi connectivity index (χ1) is 10.7. The number of nitrogens with zero attached hydrogens (tertiary/aromatic N) is 1. The molecule has 4 nitrogen and oxygen atoms in total. The zero-order chi connectivity index (χ0) is 17.2. The lowest BCUT2D eigenvalue weighted by atomic mass is 10.0. The van der Waals surface area contributed by atoms with E-state index in [1.807, 2.05) is 39.8 Å². The standard InChI is InChI=1S/C16H18Cl2N2O2S/c1-9(10-5-6-11(17)12(18)7-10)13-8-19-14(23-13)20-15(21)22-16(2,3)4/h5-9H,1-4H3,(H,19,20,21). The van der Waals surface area contributed by atoms with Crippen molar-refractivity contribution in [1.29, 1.82) is 0 Å². The Morgan fingerprint density at radius 2 is 2.00 bits per heavy atom. The van der Waals surface area contributed by atoms with E-state index in [-0.39, 0.29) is 5.92 Å².